The van der Waals surface area contributed by atoms with Gasteiger partial charge in [0.05, 0.1) is 16.7 Å². The lowest BCUT2D eigenvalue weighted by Crippen LogP contribution is -2.10. The molecule has 0 spiro atoms. The maximum Gasteiger partial charge on any atom is 0.164 e. The van der Waals surface area contributed by atoms with Gasteiger partial charge in [-0.25, -0.2) is 15.0 Å². The minimum absolute atomic E-state index is 0.295. The van der Waals surface area contributed by atoms with Crippen LogP contribution >= 0.6 is 11.3 Å². The molecule has 0 fully saturated rings. The van der Waals surface area contributed by atoms with E-state index < -0.39 is 0 Å². The molecule has 0 amide bonds. The fourth-order valence-electron chi connectivity index (χ4n) is 10.2. The zero-order valence-electron chi connectivity index (χ0n) is 33.8. The lowest BCUT2D eigenvalue weighted by atomic mass is 9.84. The number of thiophene rings is 1. The molecular formula is C57H34N4OS. The molecule has 6 heteroatoms. The number of hydrogen-bond donors (Lipinski definition) is 0. The van der Waals surface area contributed by atoms with Gasteiger partial charge in [-0.1, -0.05) is 140 Å². The van der Waals surface area contributed by atoms with Crippen molar-refractivity contribution < 1.29 is 4.42 Å². The summed E-state index contributed by atoms with van der Waals surface area (Å²) < 4.78 is 11.8. The minimum atomic E-state index is 0.295. The van der Waals surface area contributed by atoms with E-state index in [9.17, 15) is 0 Å². The van der Waals surface area contributed by atoms with Crippen molar-refractivity contribution in [1.29, 1.82) is 0 Å². The van der Waals surface area contributed by atoms with Crippen LogP contribution < -0.4 is 0 Å². The van der Waals surface area contributed by atoms with Gasteiger partial charge in [0.2, 0.25) is 0 Å². The number of nitrogens with zero attached hydrogens (tertiary/aromatic N) is 4. The molecule has 4 heterocycles. The van der Waals surface area contributed by atoms with E-state index in [0.29, 0.717) is 23.4 Å². The molecule has 0 saturated carbocycles. The first kappa shape index (κ1) is 34.7. The number of allylic oxidation sites excluding steroid dienone is 8. The summed E-state index contributed by atoms with van der Waals surface area (Å²) in [7, 11) is 0. The highest BCUT2D eigenvalue weighted by Gasteiger charge is 2.24. The van der Waals surface area contributed by atoms with E-state index in [1.54, 1.807) is 11.3 Å². The van der Waals surface area contributed by atoms with Crippen LogP contribution in [-0.4, -0.2) is 19.5 Å². The fraction of sp³-hybridized carbons (Fsp3) is 0.0351. The first-order valence-corrected chi connectivity index (χ1v) is 22.3. The Morgan fingerprint density at radius 2 is 1.27 bits per heavy atom. The highest BCUT2D eigenvalue weighted by molar-refractivity contribution is 7.25. The van der Waals surface area contributed by atoms with Gasteiger partial charge < -0.3 is 8.98 Å². The Morgan fingerprint density at radius 1 is 0.524 bits per heavy atom. The average Bonchev–Trinajstić information content (AvgIpc) is 4.02. The number of hydrogen-bond acceptors (Lipinski definition) is 5. The molecule has 1 unspecified atom stereocenters. The lowest BCUT2D eigenvalue weighted by Gasteiger charge is -2.22. The van der Waals surface area contributed by atoms with Crippen molar-refractivity contribution >= 4 is 102 Å². The van der Waals surface area contributed by atoms with E-state index >= 15 is 0 Å². The van der Waals surface area contributed by atoms with Crippen molar-refractivity contribution in [3.63, 3.8) is 0 Å². The molecule has 5 nitrogen and oxygen atoms in total. The molecule has 2 aliphatic carbocycles. The third-order valence-corrected chi connectivity index (χ3v) is 14.3. The van der Waals surface area contributed by atoms with Gasteiger partial charge in [0.15, 0.2) is 23.1 Å². The average molecular weight is 823 g/mol. The summed E-state index contributed by atoms with van der Waals surface area (Å²) in [5.41, 5.74) is 9.15. The van der Waals surface area contributed by atoms with Crippen LogP contribution in [0, 0.1) is 5.92 Å². The molecule has 0 aliphatic heterocycles. The molecule has 2 aliphatic rings. The molecular weight excluding hydrogens is 789 g/mol. The van der Waals surface area contributed by atoms with Gasteiger partial charge in [-0.2, -0.15) is 0 Å². The summed E-state index contributed by atoms with van der Waals surface area (Å²) in [4.78, 5) is 15.8. The molecule has 0 saturated heterocycles. The minimum Gasteiger partial charge on any atom is -0.454 e. The van der Waals surface area contributed by atoms with Crippen LogP contribution in [0.25, 0.3) is 119 Å². The van der Waals surface area contributed by atoms with E-state index in [4.69, 9.17) is 19.4 Å². The third kappa shape index (κ3) is 5.25. The Hall–Kier alpha value is -7.93. The summed E-state index contributed by atoms with van der Waals surface area (Å²) in [5, 5.41) is 11.7. The van der Waals surface area contributed by atoms with Crippen LogP contribution in [0.4, 0.5) is 0 Å². The van der Waals surface area contributed by atoms with Gasteiger partial charge in [-0.15, -0.1) is 11.3 Å². The molecule has 63 heavy (non-hydrogen) atoms. The quantitative estimate of drug-likeness (QED) is 0.177. The highest BCUT2D eigenvalue weighted by Crippen LogP contribution is 2.43. The smallest absolute Gasteiger partial charge is 0.164 e. The van der Waals surface area contributed by atoms with E-state index in [1.807, 2.05) is 0 Å². The van der Waals surface area contributed by atoms with E-state index in [1.165, 1.54) is 47.3 Å². The first-order chi connectivity index (χ1) is 31.2. The van der Waals surface area contributed by atoms with Gasteiger partial charge >= 0.3 is 0 Å². The second-order valence-electron chi connectivity index (χ2n) is 16.7. The van der Waals surface area contributed by atoms with Crippen LogP contribution in [0.5, 0.6) is 0 Å². The summed E-state index contributed by atoms with van der Waals surface area (Å²) >= 11 is 1.80. The van der Waals surface area contributed by atoms with E-state index in [0.717, 1.165) is 72.6 Å². The number of para-hydroxylation sites is 2. The first-order valence-electron chi connectivity index (χ1n) is 21.4. The molecule has 14 rings (SSSR count). The van der Waals surface area contributed by atoms with Gasteiger partial charge in [-0.3, -0.25) is 0 Å². The molecule has 8 aromatic carbocycles. The maximum atomic E-state index is 6.94. The van der Waals surface area contributed by atoms with Gasteiger partial charge in [0, 0.05) is 64.3 Å². The summed E-state index contributed by atoms with van der Waals surface area (Å²) in [5.74, 6) is 2.26. The van der Waals surface area contributed by atoms with Crippen molar-refractivity contribution in [3.8, 4) is 28.5 Å². The van der Waals surface area contributed by atoms with Gasteiger partial charge in [0.25, 0.3) is 0 Å². The van der Waals surface area contributed by atoms with Crippen LogP contribution in [0.2, 0.25) is 0 Å². The zero-order valence-corrected chi connectivity index (χ0v) is 34.6. The summed E-state index contributed by atoms with van der Waals surface area (Å²) in [6.07, 6.45) is 14.1. The van der Waals surface area contributed by atoms with Crippen LogP contribution in [-0.2, 0) is 0 Å². The van der Waals surface area contributed by atoms with Crippen LogP contribution in [0.15, 0.2) is 198 Å². The summed E-state index contributed by atoms with van der Waals surface area (Å²) in [6, 6.07) is 54.5. The molecule has 12 aromatic rings. The van der Waals surface area contributed by atoms with E-state index in [-0.39, 0.29) is 0 Å². The molecule has 0 bridgehead atoms. The standard InChI is InChI=1S/C57H34N4OS/c1-2-13-36-31-49-46(29-35(36)12-1)40-16-5-7-20-47(40)61(49)48-21-10-19-44-53-45-30-37(24-23-34(45)26-28-50(53)62-54(44)48)55-58-56(38-25-27-42-41-17-6-8-22-51(41)63-52(42)32-38)60-57(59-55)43-18-9-14-33-11-3-4-15-39(33)43/h1-13,15-33H,14H2. The van der Waals surface area contributed by atoms with Crippen molar-refractivity contribution in [2.45, 2.75) is 6.42 Å². The highest BCUT2D eigenvalue weighted by atomic mass is 32.1. The number of fused-ring (bicyclic) bond motifs is 13. The Morgan fingerprint density at radius 3 is 2.19 bits per heavy atom. The predicted molar refractivity (Wildman–Crippen MR) is 263 cm³/mol. The Labute approximate surface area is 364 Å². The number of aromatic nitrogens is 4. The molecule has 294 valence electrons. The number of rotatable bonds is 4. The molecule has 0 N–H and O–H groups in total. The lowest BCUT2D eigenvalue weighted by molar-refractivity contribution is 0.666. The fourth-order valence-corrected chi connectivity index (χ4v) is 11.3. The molecule has 0 radical (unpaired) electrons. The van der Waals surface area contributed by atoms with Crippen molar-refractivity contribution in [1.82, 2.24) is 19.5 Å². The second-order valence-corrected chi connectivity index (χ2v) is 17.8. The van der Waals surface area contributed by atoms with Crippen molar-refractivity contribution in [2.24, 2.45) is 5.92 Å². The van der Waals surface area contributed by atoms with Gasteiger partial charge in [-0.05, 0) is 82.1 Å². The van der Waals surface area contributed by atoms with E-state index in [2.05, 4.69) is 193 Å². The third-order valence-electron chi connectivity index (χ3n) is 13.1. The largest absolute Gasteiger partial charge is 0.454 e. The monoisotopic (exact) mass is 822 g/mol. The molecule has 1 atom stereocenters. The van der Waals surface area contributed by atoms with Crippen molar-refractivity contribution in [3.05, 3.63) is 200 Å². The van der Waals surface area contributed by atoms with Crippen LogP contribution in [0.1, 0.15) is 12.2 Å². The Kier molecular flexibility index (Phi) is 7.33. The predicted octanol–water partition coefficient (Wildman–Crippen LogP) is 15.3. The Bertz CT molecular complexity index is 4080. The van der Waals surface area contributed by atoms with Gasteiger partial charge in [0.1, 0.15) is 5.58 Å². The topological polar surface area (TPSA) is 56.7 Å². The SMILES string of the molecule is C1=CC2=C(c3nc(-c4ccc5c(c4)sc4ccccc45)nc(-c4ccc5ccc6oc7c(-n8c9ccccc9c9cc%10ccccc%10cc98)cccc7c6c5c4)n3)C=CCC2C=C1. The second kappa shape index (κ2) is 13.3. The molecule has 4 aromatic heterocycles. The van der Waals surface area contributed by atoms with Crippen LogP contribution in [0.3, 0.4) is 0 Å². The number of benzene rings is 8. The maximum absolute atomic E-state index is 6.94. The van der Waals surface area contributed by atoms with Crippen molar-refractivity contribution in [2.75, 3.05) is 0 Å². The zero-order chi connectivity index (χ0) is 41.2. The normalized spacial score (nSPS) is 15.1. The number of furan rings is 1. The summed E-state index contributed by atoms with van der Waals surface area (Å²) in [6.45, 7) is 0. The Balaban J connectivity index is 0.980.